The first-order chi connectivity index (χ1) is 7.13. The Morgan fingerprint density at radius 2 is 1.80 bits per heavy atom. The molecule has 3 atom stereocenters. The van der Waals surface area contributed by atoms with Crippen molar-refractivity contribution in [3.05, 3.63) is 0 Å². The summed E-state index contributed by atoms with van der Waals surface area (Å²) in [5.74, 6) is -2.92. The van der Waals surface area contributed by atoms with Gasteiger partial charge in [-0.05, 0) is 25.7 Å². The molecule has 0 spiro atoms. The van der Waals surface area contributed by atoms with Crippen LogP contribution in [0.25, 0.3) is 0 Å². The largest absolute Gasteiger partial charge is 0.378 e. The van der Waals surface area contributed by atoms with Gasteiger partial charge in [0.05, 0.1) is 18.6 Å². The van der Waals surface area contributed by atoms with E-state index in [4.69, 9.17) is 4.74 Å². The molecule has 3 rings (SSSR count). The van der Waals surface area contributed by atoms with Gasteiger partial charge in [0.25, 0.3) is 5.92 Å². The van der Waals surface area contributed by atoms with Crippen LogP contribution in [0.3, 0.4) is 0 Å². The maximum absolute atomic E-state index is 12.6. The molecule has 3 aliphatic rings. The van der Waals surface area contributed by atoms with Crippen LogP contribution in [0.2, 0.25) is 0 Å². The molecule has 2 aliphatic heterocycles. The van der Waals surface area contributed by atoms with Crippen LogP contribution < -0.4 is 5.32 Å². The highest BCUT2D eigenvalue weighted by Crippen LogP contribution is 2.48. The molecule has 2 nitrogen and oxygen atoms in total. The Bertz CT molecular complexity index is 247. The number of halogens is 2. The molecule has 86 valence electrons. The zero-order valence-corrected chi connectivity index (χ0v) is 8.72. The van der Waals surface area contributed by atoms with Gasteiger partial charge in [-0.2, -0.15) is 0 Å². The number of nitrogens with one attached hydrogen (secondary N) is 1. The second kappa shape index (κ2) is 3.39. The van der Waals surface area contributed by atoms with Gasteiger partial charge < -0.3 is 10.1 Å². The van der Waals surface area contributed by atoms with E-state index >= 15 is 0 Å². The van der Waals surface area contributed by atoms with E-state index in [0.717, 1.165) is 12.8 Å². The van der Waals surface area contributed by atoms with E-state index in [1.54, 1.807) is 0 Å². The summed E-state index contributed by atoms with van der Waals surface area (Å²) in [5.41, 5.74) is 0. The lowest BCUT2D eigenvalue weighted by Gasteiger charge is -2.29. The van der Waals surface area contributed by atoms with E-state index in [1.165, 1.54) is 12.8 Å². The standard InChI is InChI=1S/C11H17F2NO/c12-11(13)5-7(11)6-15-10-3-8-1-2-9(4-10)14-8/h7-10,14H,1-6H2. The van der Waals surface area contributed by atoms with Crippen molar-refractivity contribution >= 4 is 0 Å². The molecule has 0 radical (unpaired) electrons. The van der Waals surface area contributed by atoms with Crippen LogP contribution in [0.1, 0.15) is 32.1 Å². The first-order valence-electron chi connectivity index (χ1n) is 5.89. The molecule has 2 saturated heterocycles. The third kappa shape index (κ3) is 2.02. The number of rotatable bonds is 3. The fraction of sp³-hybridized carbons (Fsp3) is 1.00. The topological polar surface area (TPSA) is 21.3 Å². The second-order valence-electron chi connectivity index (χ2n) is 5.23. The molecule has 15 heavy (non-hydrogen) atoms. The predicted molar refractivity (Wildman–Crippen MR) is 52.0 cm³/mol. The Morgan fingerprint density at radius 1 is 1.20 bits per heavy atom. The minimum Gasteiger partial charge on any atom is -0.378 e. The van der Waals surface area contributed by atoms with Gasteiger partial charge in [0.1, 0.15) is 0 Å². The highest BCUT2D eigenvalue weighted by atomic mass is 19.3. The molecule has 2 heterocycles. The predicted octanol–water partition coefficient (Wildman–Crippen LogP) is 1.94. The Morgan fingerprint density at radius 3 is 2.33 bits per heavy atom. The molecule has 2 bridgehead atoms. The molecule has 0 aromatic heterocycles. The third-order valence-electron chi connectivity index (χ3n) is 3.92. The number of ether oxygens (including phenoxy) is 1. The maximum Gasteiger partial charge on any atom is 0.253 e. The molecule has 3 unspecified atom stereocenters. The van der Waals surface area contributed by atoms with Gasteiger partial charge in [-0.3, -0.25) is 0 Å². The molecule has 1 N–H and O–H groups in total. The van der Waals surface area contributed by atoms with Crippen molar-refractivity contribution in [2.24, 2.45) is 5.92 Å². The average Bonchev–Trinajstić information content (AvgIpc) is 2.66. The summed E-state index contributed by atoms with van der Waals surface area (Å²) in [6.45, 7) is 0.261. The SMILES string of the molecule is FC1(F)CC1COC1CC2CCC(C1)N2. The lowest BCUT2D eigenvalue weighted by atomic mass is 10.0. The lowest BCUT2D eigenvalue weighted by Crippen LogP contribution is -2.41. The van der Waals surface area contributed by atoms with Gasteiger partial charge in [0.15, 0.2) is 0 Å². The van der Waals surface area contributed by atoms with E-state index in [1.807, 2.05) is 0 Å². The number of fused-ring (bicyclic) bond motifs is 2. The van der Waals surface area contributed by atoms with E-state index in [0.29, 0.717) is 12.1 Å². The van der Waals surface area contributed by atoms with E-state index in [9.17, 15) is 8.78 Å². The summed E-state index contributed by atoms with van der Waals surface area (Å²) in [4.78, 5) is 0. The van der Waals surface area contributed by atoms with Gasteiger partial charge in [0.2, 0.25) is 0 Å². The van der Waals surface area contributed by atoms with Crippen LogP contribution in [0.15, 0.2) is 0 Å². The van der Waals surface area contributed by atoms with Gasteiger partial charge in [-0.1, -0.05) is 0 Å². The normalized spacial score (nSPS) is 46.8. The van der Waals surface area contributed by atoms with Gasteiger partial charge in [-0.15, -0.1) is 0 Å². The van der Waals surface area contributed by atoms with Crippen molar-refractivity contribution in [2.75, 3.05) is 6.61 Å². The Kier molecular flexibility index (Phi) is 2.25. The fourth-order valence-corrected chi connectivity index (χ4v) is 2.84. The smallest absolute Gasteiger partial charge is 0.253 e. The average molecular weight is 217 g/mol. The van der Waals surface area contributed by atoms with Crippen LogP contribution in [0, 0.1) is 5.92 Å². The molecule has 1 aliphatic carbocycles. The quantitative estimate of drug-likeness (QED) is 0.780. The number of piperidine rings is 1. The highest BCUT2D eigenvalue weighted by molar-refractivity contribution is 4.96. The second-order valence-corrected chi connectivity index (χ2v) is 5.23. The molecule has 0 aromatic rings. The van der Waals surface area contributed by atoms with Crippen molar-refractivity contribution in [3.63, 3.8) is 0 Å². The van der Waals surface area contributed by atoms with Gasteiger partial charge >= 0.3 is 0 Å². The number of hydrogen-bond acceptors (Lipinski definition) is 2. The van der Waals surface area contributed by atoms with Crippen LogP contribution >= 0.6 is 0 Å². The van der Waals surface area contributed by atoms with Crippen molar-refractivity contribution in [2.45, 2.75) is 56.2 Å². The van der Waals surface area contributed by atoms with Gasteiger partial charge in [-0.25, -0.2) is 8.78 Å². The monoisotopic (exact) mass is 217 g/mol. The molecule has 0 aromatic carbocycles. The third-order valence-corrected chi connectivity index (χ3v) is 3.92. The Hall–Kier alpha value is -0.220. The van der Waals surface area contributed by atoms with Crippen LogP contribution in [0.5, 0.6) is 0 Å². The molecule has 3 fully saturated rings. The molecule has 4 heteroatoms. The summed E-state index contributed by atoms with van der Waals surface area (Å²) < 4.78 is 30.9. The summed E-state index contributed by atoms with van der Waals surface area (Å²) in [6, 6.07) is 1.15. The van der Waals surface area contributed by atoms with E-state index in [2.05, 4.69) is 5.32 Å². The van der Waals surface area contributed by atoms with Crippen molar-refractivity contribution in [1.29, 1.82) is 0 Å². The van der Waals surface area contributed by atoms with E-state index < -0.39 is 11.8 Å². The van der Waals surface area contributed by atoms with Crippen molar-refractivity contribution in [3.8, 4) is 0 Å². The summed E-state index contributed by atoms with van der Waals surface area (Å²) in [6.07, 6.45) is 4.72. The Balaban J connectivity index is 1.45. The minimum absolute atomic E-state index is 0.0326. The highest BCUT2D eigenvalue weighted by Gasteiger charge is 2.57. The first kappa shape index (κ1) is 9.97. The molecule has 0 amide bonds. The fourth-order valence-electron chi connectivity index (χ4n) is 2.84. The minimum atomic E-state index is -2.42. The van der Waals surface area contributed by atoms with E-state index in [-0.39, 0.29) is 19.1 Å². The zero-order chi connectivity index (χ0) is 10.5. The summed E-state index contributed by atoms with van der Waals surface area (Å²) in [5, 5.41) is 3.51. The lowest BCUT2D eigenvalue weighted by molar-refractivity contribution is -0.00609. The molecular weight excluding hydrogens is 200 g/mol. The molecular formula is C11H17F2NO. The van der Waals surface area contributed by atoms with Crippen LogP contribution in [-0.4, -0.2) is 30.7 Å². The van der Waals surface area contributed by atoms with Crippen LogP contribution in [-0.2, 0) is 4.74 Å². The van der Waals surface area contributed by atoms with Crippen molar-refractivity contribution in [1.82, 2.24) is 5.32 Å². The summed E-state index contributed by atoms with van der Waals surface area (Å²) >= 11 is 0. The first-order valence-corrected chi connectivity index (χ1v) is 5.89. The zero-order valence-electron chi connectivity index (χ0n) is 8.72. The van der Waals surface area contributed by atoms with Gasteiger partial charge in [0, 0.05) is 18.5 Å². The van der Waals surface area contributed by atoms with Crippen molar-refractivity contribution < 1.29 is 13.5 Å². The number of alkyl halides is 2. The molecule has 1 saturated carbocycles. The maximum atomic E-state index is 12.6. The Labute approximate surface area is 88.4 Å². The van der Waals surface area contributed by atoms with Crippen LogP contribution in [0.4, 0.5) is 8.78 Å². The number of hydrogen-bond donors (Lipinski definition) is 1. The summed E-state index contributed by atoms with van der Waals surface area (Å²) in [7, 11) is 0.